The van der Waals surface area contributed by atoms with Crippen LogP contribution in [0.1, 0.15) is 27.0 Å². The highest BCUT2D eigenvalue weighted by Crippen LogP contribution is 2.67. The van der Waals surface area contributed by atoms with Crippen molar-refractivity contribution in [3.8, 4) is 5.75 Å². The Morgan fingerprint density at radius 1 is 1.27 bits per heavy atom. The molecule has 0 amide bonds. The largest absolute Gasteiger partial charge is 0.462 e. The van der Waals surface area contributed by atoms with Gasteiger partial charge in [0.15, 0.2) is 11.8 Å². The molecule has 13 nitrogen and oxygen atoms in total. The van der Waals surface area contributed by atoms with Crippen LogP contribution in [0.25, 0.3) is 10.9 Å². The van der Waals surface area contributed by atoms with Crippen molar-refractivity contribution in [2.45, 2.75) is 62.1 Å². The first-order valence-electron chi connectivity index (χ1n) is 12.1. The summed E-state index contributed by atoms with van der Waals surface area (Å²) >= 11 is 6.08. The summed E-state index contributed by atoms with van der Waals surface area (Å²) < 4.78 is 52.7. The zero-order valence-electron chi connectivity index (χ0n) is 21.3. The Labute approximate surface area is 230 Å². The Hall–Kier alpha value is -3.13. The number of nitrogens with zero attached hydrogens (tertiary/aromatic N) is 2. The van der Waals surface area contributed by atoms with Crippen molar-refractivity contribution in [1.29, 1.82) is 0 Å². The third-order valence-corrected chi connectivity index (χ3v) is 8.53. The van der Waals surface area contributed by atoms with Crippen molar-refractivity contribution in [3.05, 3.63) is 69.6 Å². The highest BCUT2D eigenvalue weighted by molar-refractivity contribution is 7.52. The van der Waals surface area contributed by atoms with Gasteiger partial charge in [0, 0.05) is 23.8 Å². The summed E-state index contributed by atoms with van der Waals surface area (Å²) in [5, 5.41) is 10.9. The molecule has 3 aromatic rings. The number of pyridine rings is 1. The Balaban J connectivity index is 1.44. The van der Waals surface area contributed by atoms with E-state index < -0.39 is 66.3 Å². The molecule has 2 unspecified atom stereocenters. The van der Waals surface area contributed by atoms with E-state index in [2.05, 4.69) is 10.1 Å². The van der Waals surface area contributed by atoms with Gasteiger partial charge in [-0.1, -0.05) is 17.7 Å². The van der Waals surface area contributed by atoms with Crippen LogP contribution in [0.3, 0.4) is 0 Å². The van der Waals surface area contributed by atoms with Crippen LogP contribution in [0.4, 0.5) is 4.39 Å². The minimum atomic E-state index is -4.61. The number of esters is 1. The Kier molecular flexibility index (Phi) is 7.14. The van der Waals surface area contributed by atoms with Crippen molar-refractivity contribution >= 4 is 36.2 Å². The number of hydrogen-bond acceptors (Lipinski definition) is 10. The summed E-state index contributed by atoms with van der Waals surface area (Å²) in [6.07, 6.45) is -2.97. The number of ether oxygens (including phenoxy) is 2. The van der Waals surface area contributed by atoms with E-state index >= 15 is 4.39 Å². The number of benzene rings is 1. The van der Waals surface area contributed by atoms with E-state index in [0.717, 1.165) is 12.3 Å². The van der Waals surface area contributed by atoms with Gasteiger partial charge in [0.25, 0.3) is 10.7 Å². The summed E-state index contributed by atoms with van der Waals surface area (Å²) in [7, 11) is -4.61. The lowest BCUT2D eigenvalue weighted by Crippen LogP contribution is -2.47. The summed E-state index contributed by atoms with van der Waals surface area (Å²) in [5.41, 5.74) is -3.85. The predicted molar refractivity (Wildman–Crippen MR) is 139 cm³/mol. The average molecular weight is 599 g/mol. The lowest BCUT2D eigenvalue weighted by molar-refractivity contribution is -0.149. The van der Waals surface area contributed by atoms with E-state index in [-0.39, 0.29) is 5.75 Å². The number of fused-ring (bicyclic) bond motifs is 2. The molecular weight excluding hydrogens is 574 g/mol. The van der Waals surface area contributed by atoms with Crippen LogP contribution in [-0.2, 0) is 23.4 Å². The number of H-pyrrole nitrogens is 1. The maximum atomic E-state index is 15.9. The molecule has 3 N–H and O–H groups in total. The third kappa shape index (κ3) is 4.84. The lowest BCUT2D eigenvalue weighted by Gasteiger charge is -2.30. The fourth-order valence-electron chi connectivity index (χ4n) is 4.41. The van der Waals surface area contributed by atoms with Crippen molar-refractivity contribution in [2.24, 2.45) is 0 Å². The molecule has 1 aliphatic heterocycles. The first kappa shape index (κ1) is 28.4. The molecule has 1 aliphatic carbocycles. The molecule has 7 atom stereocenters. The first-order chi connectivity index (χ1) is 18.8. The number of aromatic nitrogens is 3. The zero-order chi connectivity index (χ0) is 29.0. The second kappa shape index (κ2) is 10.1. The highest BCUT2D eigenvalue weighted by Gasteiger charge is 2.87. The van der Waals surface area contributed by atoms with E-state index in [1.807, 2.05) is 4.98 Å². The van der Waals surface area contributed by atoms with E-state index in [1.165, 1.54) is 13.0 Å². The minimum Gasteiger partial charge on any atom is -0.462 e. The monoisotopic (exact) mass is 598 g/mol. The van der Waals surface area contributed by atoms with Gasteiger partial charge < -0.3 is 19.1 Å². The van der Waals surface area contributed by atoms with Crippen molar-refractivity contribution in [2.75, 3.05) is 0 Å². The standard InChI is InChI=1S/C24H25ClFN4O9P/c1-12(2)36-20(32)13(3)29-40(35,38-16-8-4-7-15-14(16)6-5-10-27-15)39-19-18-23(19,34)24(25,26)21(37-18)30-11-9-17(31)28-22(30)33/h4-13,18-19,21,34H,1-3H3,(H,29,35)(H,28,31,33)/t13-,18+,19?,21+,23-,24-,40?/m0/s1. The van der Waals surface area contributed by atoms with Crippen molar-refractivity contribution < 1.29 is 37.4 Å². The van der Waals surface area contributed by atoms with Gasteiger partial charge in [-0.15, -0.1) is 0 Å². The number of nitrogens with one attached hydrogen (secondary N) is 2. The second-order valence-corrected chi connectivity index (χ2v) is 11.8. The van der Waals surface area contributed by atoms with E-state index in [1.54, 1.807) is 44.3 Å². The molecule has 214 valence electrons. The van der Waals surface area contributed by atoms with Gasteiger partial charge in [-0.2, -0.15) is 5.09 Å². The number of aromatic amines is 1. The maximum absolute atomic E-state index is 15.9. The number of hydrogen-bond donors (Lipinski definition) is 3. The molecular formula is C24H25ClFN4O9P. The topological polar surface area (TPSA) is 171 Å². The highest BCUT2D eigenvalue weighted by atomic mass is 35.5. The smallest absolute Gasteiger partial charge is 0.459 e. The Morgan fingerprint density at radius 3 is 2.67 bits per heavy atom. The predicted octanol–water partition coefficient (Wildman–Crippen LogP) is 2.13. The molecule has 2 fully saturated rings. The van der Waals surface area contributed by atoms with Gasteiger partial charge in [-0.25, -0.2) is 13.8 Å². The average Bonchev–Trinajstić information content (AvgIpc) is 3.36. The summed E-state index contributed by atoms with van der Waals surface area (Å²) in [4.78, 5) is 42.2. The molecule has 1 saturated carbocycles. The Bertz CT molecular complexity index is 1630. The number of carbonyl (C=O) groups is 1. The van der Waals surface area contributed by atoms with Crippen LogP contribution < -0.4 is 20.9 Å². The maximum Gasteiger partial charge on any atom is 0.459 e. The summed E-state index contributed by atoms with van der Waals surface area (Å²) in [6.45, 7) is 4.61. The van der Waals surface area contributed by atoms with Crippen LogP contribution in [0.15, 0.2) is 58.4 Å². The molecule has 3 heterocycles. The van der Waals surface area contributed by atoms with Crippen molar-refractivity contribution in [1.82, 2.24) is 19.6 Å². The molecule has 1 saturated heterocycles. The fourth-order valence-corrected chi connectivity index (χ4v) is 6.51. The van der Waals surface area contributed by atoms with Gasteiger partial charge in [-0.3, -0.25) is 28.6 Å². The summed E-state index contributed by atoms with van der Waals surface area (Å²) in [5.74, 6) is -0.720. The lowest BCUT2D eigenvalue weighted by atomic mass is 10.1. The first-order valence-corrected chi connectivity index (χ1v) is 14.1. The second-order valence-electron chi connectivity index (χ2n) is 9.65. The molecule has 16 heteroatoms. The fraction of sp³-hybridized carbons (Fsp3) is 0.417. The zero-order valence-corrected chi connectivity index (χ0v) is 23.0. The number of aliphatic hydroxyl groups is 1. The van der Waals surface area contributed by atoms with E-state index in [4.69, 9.17) is 30.1 Å². The van der Waals surface area contributed by atoms with Gasteiger partial charge in [0.2, 0.25) is 0 Å². The minimum absolute atomic E-state index is 0.0552. The molecule has 0 radical (unpaired) electrons. The van der Waals surface area contributed by atoms with Crippen LogP contribution >= 0.6 is 19.3 Å². The molecule has 2 aliphatic rings. The molecule has 1 aromatic carbocycles. The van der Waals surface area contributed by atoms with Gasteiger partial charge in [0.1, 0.15) is 24.0 Å². The normalized spacial score (nSPS) is 29.5. The van der Waals surface area contributed by atoms with Crippen LogP contribution in [0.2, 0.25) is 0 Å². The number of rotatable bonds is 9. The third-order valence-electron chi connectivity index (χ3n) is 6.39. The number of halogens is 2. The SMILES string of the molecule is CC(C)OC(=O)[C@H](C)NP(=O)(Oc1cccc2ncccc12)OC1[C@H]2O[C@@H](n3ccc(=O)[nH]c3=O)[C@@](F)(Cl)[C@@]12O. The van der Waals surface area contributed by atoms with Gasteiger partial charge in [-0.05, 0) is 45.0 Å². The molecule has 5 rings (SSSR count). The molecule has 40 heavy (non-hydrogen) atoms. The number of carbonyl (C=O) groups excluding carboxylic acids is 1. The molecule has 2 aromatic heterocycles. The van der Waals surface area contributed by atoms with Crippen LogP contribution in [-0.4, -0.2) is 60.7 Å². The quantitative estimate of drug-likeness (QED) is 0.187. The van der Waals surface area contributed by atoms with Gasteiger partial charge >= 0.3 is 19.4 Å². The Morgan fingerprint density at radius 2 is 2.02 bits per heavy atom. The van der Waals surface area contributed by atoms with Gasteiger partial charge in [0.05, 0.1) is 11.6 Å². The van der Waals surface area contributed by atoms with Crippen LogP contribution in [0, 0.1) is 0 Å². The molecule has 0 bridgehead atoms. The molecule has 0 spiro atoms. The van der Waals surface area contributed by atoms with E-state index in [9.17, 15) is 24.1 Å². The summed E-state index contributed by atoms with van der Waals surface area (Å²) in [6, 6.07) is 7.76. The van der Waals surface area contributed by atoms with Crippen molar-refractivity contribution in [3.63, 3.8) is 0 Å². The number of alkyl halides is 2. The van der Waals surface area contributed by atoms with Crippen LogP contribution in [0.5, 0.6) is 5.75 Å². The van der Waals surface area contributed by atoms with E-state index in [0.29, 0.717) is 15.5 Å².